The molecule has 0 fully saturated rings. The van der Waals surface area contributed by atoms with E-state index in [1.807, 2.05) is 63.2 Å². The highest BCUT2D eigenvalue weighted by molar-refractivity contribution is 6.32. The van der Waals surface area contributed by atoms with Gasteiger partial charge in [-0.15, -0.1) is 0 Å². The van der Waals surface area contributed by atoms with E-state index in [1.165, 1.54) is 7.11 Å². The summed E-state index contributed by atoms with van der Waals surface area (Å²) in [6.45, 7) is 10.4. The molecule has 0 unspecified atom stereocenters. The molecular formula is C25H28ClN3O2. The third-order valence-electron chi connectivity index (χ3n) is 4.89. The summed E-state index contributed by atoms with van der Waals surface area (Å²) in [5, 5.41) is 9.85. The molecule has 0 saturated carbocycles. The number of aromatic nitrogens is 2. The first-order chi connectivity index (χ1) is 14.8. The maximum absolute atomic E-state index is 9.43. The summed E-state index contributed by atoms with van der Waals surface area (Å²) in [5.41, 5.74) is 2.91. The van der Waals surface area contributed by atoms with Crippen molar-refractivity contribution in [1.82, 2.24) is 9.97 Å². The van der Waals surface area contributed by atoms with Crippen molar-refractivity contribution in [3.8, 4) is 17.6 Å². The van der Waals surface area contributed by atoms with E-state index in [0.29, 0.717) is 22.9 Å². The van der Waals surface area contributed by atoms with Crippen LogP contribution in [0.5, 0.6) is 11.5 Å². The largest absolute Gasteiger partial charge is 0.494 e. The molecule has 0 aliphatic heterocycles. The molecule has 0 spiro atoms. The third-order valence-corrected chi connectivity index (χ3v) is 5.17. The second-order valence-electron chi connectivity index (χ2n) is 7.18. The Hall–Kier alpha value is -3.10. The first-order valence-electron chi connectivity index (χ1n) is 10.1. The maximum Gasteiger partial charge on any atom is 0.155 e. The third kappa shape index (κ3) is 5.74. The Kier molecular flexibility index (Phi) is 8.41. The van der Waals surface area contributed by atoms with Crippen molar-refractivity contribution in [3.05, 3.63) is 81.9 Å². The van der Waals surface area contributed by atoms with Crippen molar-refractivity contribution in [2.75, 3.05) is 7.11 Å². The van der Waals surface area contributed by atoms with Crippen molar-refractivity contribution in [2.45, 2.75) is 46.6 Å². The van der Waals surface area contributed by atoms with Gasteiger partial charge in [0.05, 0.1) is 23.4 Å². The summed E-state index contributed by atoms with van der Waals surface area (Å²) in [7, 11) is 1.51. The Balaban J connectivity index is 0.00000166. The zero-order chi connectivity index (χ0) is 23.0. The van der Waals surface area contributed by atoms with Gasteiger partial charge in [-0.2, -0.15) is 5.26 Å². The normalized spacial score (nSPS) is 10.5. The first-order valence-corrected chi connectivity index (χ1v) is 10.5. The zero-order valence-corrected chi connectivity index (χ0v) is 19.6. The van der Waals surface area contributed by atoms with E-state index in [1.54, 1.807) is 6.20 Å². The topological polar surface area (TPSA) is 68.0 Å². The van der Waals surface area contributed by atoms with Gasteiger partial charge in [-0.25, -0.2) is 9.97 Å². The molecule has 1 heterocycles. The average molecular weight is 438 g/mol. The minimum atomic E-state index is -0.357. The number of nitriles is 1. The molecule has 0 aliphatic rings. The number of hydrogen-bond donors (Lipinski definition) is 0. The summed E-state index contributed by atoms with van der Waals surface area (Å²) in [4.78, 5) is 8.43. The molecule has 31 heavy (non-hydrogen) atoms. The molecule has 0 saturated heterocycles. The number of rotatable bonds is 6. The van der Waals surface area contributed by atoms with Crippen molar-refractivity contribution in [3.63, 3.8) is 0 Å². The second-order valence-corrected chi connectivity index (χ2v) is 7.59. The highest BCUT2D eigenvalue weighted by Crippen LogP contribution is 2.38. The van der Waals surface area contributed by atoms with Crippen LogP contribution in [0, 0.1) is 18.3 Å². The van der Waals surface area contributed by atoms with Crippen LogP contribution >= 0.6 is 11.6 Å². The van der Waals surface area contributed by atoms with E-state index >= 15 is 0 Å². The molecule has 0 bridgehead atoms. The molecule has 5 nitrogen and oxygen atoms in total. The van der Waals surface area contributed by atoms with Gasteiger partial charge < -0.3 is 9.47 Å². The minimum absolute atomic E-state index is 0.357. The summed E-state index contributed by atoms with van der Waals surface area (Å²) in [6.07, 6.45) is 1.72. The monoisotopic (exact) mass is 437 g/mol. The smallest absolute Gasteiger partial charge is 0.155 e. The zero-order valence-electron chi connectivity index (χ0n) is 18.9. The minimum Gasteiger partial charge on any atom is -0.494 e. The van der Waals surface area contributed by atoms with Crippen molar-refractivity contribution >= 4 is 11.6 Å². The van der Waals surface area contributed by atoms with Crippen LogP contribution in [0.1, 0.15) is 55.9 Å². The molecule has 2 aromatic carbocycles. The van der Waals surface area contributed by atoms with Gasteiger partial charge in [-0.3, -0.25) is 0 Å². The quantitative estimate of drug-likeness (QED) is 0.455. The van der Waals surface area contributed by atoms with Gasteiger partial charge in [0.25, 0.3) is 0 Å². The molecule has 162 valence electrons. The van der Waals surface area contributed by atoms with E-state index in [4.69, 9.17) is 21.1 Å². The number of halogens is 1. The van der Waals surface area contributed by atoms with E-state index in [2.05, 4.69) is 29.9 Å². The molecule has 0 aliphatic carbocycles. The van der Waals surface area contributed by atoms with Crippen LogP contribution in [0.15, 0.2) is 48.7 Å². The fourth-order valence-electron chi connectivity index (χ4n) is 3.12. The Bertz CT molecular complexity index is 1060. The highest BCUT2D eigenvalue weighted by atomic mass is 35.5. The first kappa shape index (κ1) is 24.2. The van der Waals surface area contributed by atoms with Gasteiger partial charge in [-0.1, -0.05) is 51.4 Å². The number of ether oxygens (including phenoxy) is 2. The van der Waals surface area contributed by atoms with Crippen LogP contribution in [0.3, 0.4) is 0 Å². The van der Waals surface area contributed by atoms with Crippen LogP contribution < -0.4 is 9.47 Å². The molecular weight excluding hydrogens is 410 g/mol. The Morgan fingerprint density at radius 3 is 2.32 bits per heavy atom. The lowest BCUT2D eigenvalue weighted by Gasteiger charge is -2.27. The summed E-state index contributed by atoms with van der Waals surface area (Å²) in [6, 6.07) is 15.6. The van der Waals surface area contributed by atoms with E-state index in [0.717, 1.165) is 28.4 Å². The van der Waals surface area contributed by atoms with E-state index < -0.39 is 0 Å². The number of nitrogens with zero attached hydrogens (tertiary/aromatic N) is 3. The predicted molar refractivity (Wildman–Crippen MR) is 124 cm³/mol. The van der Waals surface area contributed by atoms with Crippen molar-refractivity contribution in [2.24, 2.45) is 0 Å². The molecule has 6 heteroatoms. The molecule has 1 aromatic heterocycles. The molecule has 0 radical (unpaired) electrons. The van der Waals surface area contributed by atoms with E-state index in [-0.39, 0.29) is 5.41 Å². The number of hydrogen-bond acceptors (Lipinski definition) is 5. The van der Waals surface area contributed by atoms with Gasteiger partial charge in [0.1, 0.15) is 24.3 Å². The van der Waals surface area contributed by atoms with Gasteiger partial charge in [0, 0.05) is 11.6 Å². The molecule has 3 rings (SSSR count). The predicted octanol–water partition coefficient (Wildman–Crippen LogP) is 6.25. The lowest BCUT2D eigenvalue weighted by molar-refractivity contribution is 0.300. The van der Waals surface area contributed by atoms with Crippen molar-refractivity contribution in [1.29, 1.82) is 5.26 Å². The van der Waals surface area contributed by atoms with Gasteiger partial charge in [0.2, 0.25) is 0 Å². The van der Waals surface area contributed by atoms with Crippen LogP contribution in [0.25, 0.3) is 0 Å². The number of aryl methyl sites for hydroxylation is 1. The highest BCUT2D eigenvalue weighted by Gasteiger charge is 2.25. The van der Waals surface area contributed by atoms with Gasteiger partial charge in [0.15, 0.2) is 5.75 Å². The lowest BCUT2D eigenvalue weighted by atomic mass is 9.77. The maximum atomic E-state index is 9.43. The fraction of sp³-hybridized carbons (Fsp3) is 0.320. The van der Waals surface area contributed by atoms with Crippen molar-refractivity contribution < 1.29 is 9.47 Å². The molecule has 0 N–H and O–H groups in total. The number of benzene rings is 2. The van der Waals surface area contributed by atoms with Crippen LogP contribution in [-0.2, 0) is 12.0 Å². The fourth-order valence-corrected chi connectivity index (χ4v) is 3.42. The SMILES string of the molecule is CC.COc1c(Cl)cc(C(C)(C)c2ccc(OCc3ccnc(C)n3)cc2)cc1C#N. The van der Waals surface area contributed by atoms with Crippen LogP contribution in [0.4, 0.5) is 0 Å². The Labute approximate surface area is 189 Å². The van der Waals surface area contributed by atoms with Crippen LogP contribution in [0.2, 0.25) is 5.02 Å². The van der Waals surface area contributed by atoms with Gasteiger partial charge >= 0.3 is 0 Å². The van der Waals surface area contributed by atoms with Crippen LogP contribution in [-0.4, -0.2) is 17.1 Å². The number of methoxy groups -OCH3 is 1. The Morgan fingerprint density at radius 2 is 1.74 bits per heavy atom. The molecule has 0 amide bonds. The Morgan fingerprint density at radius 1 is 1.06 bits per heavy atom. The summed E-state index contributed by atoms with van der Waals surface area (Å²) < 4.78 is 11.1. The lowest BCUT2D eigenvalue weighted by Crippen LogP contribution is -2.19. The van der Waals surface area contributed by atoms with Gasteiger partial charge in [-0.05, 0) is 48.4 Å². The molecule has 0 atom stereocenters. The van der Waals surface area contributed by atoms with E-state index in [9.17, 15) is 5.26 Å². The molecule has 3 aromatic rings. The summed E-state index contributed by atoms with van der Waals surface area (Å²) in [5.74, 6) is 1.88. The average Bonchev–Trinajstić information content (AvgIpc) is 2.78. The second kappa shape index (κ2) is 10.8. The standard InChI is InChI=1S/C23H22ClN3O2.C2H6/c1-15-26-10-9-19(27-15)14-29-20-7-5-17(6-8-20)23(2,3)18-11-16(13-25)22(28-4)21(24)12-18;1-2/h5-12H,14H2,1-4H3;1-2H3. The summed E-state index contributed by atoms with van der Waals surface area (Å²) >= 11 is 6.34.